The topological polar surface area (TPSA) is 72.9 Å². The van der Waals surface area contributed by atoms with Crippen LogP contribution in [0, 0.1) is 5.92 Å². The highest BCUT2D eigenvalue weighted by molar-refractivity contribution is 5.75. The van der Waals surface area contributed by atoms with Crippen LogP contribution in [0.25, 0.3) is 0 Å². The van der Waals surface area contributed by atoms with Crippen LogP contribution in [0.1, 0.15) is 32.1 Å². The number of carbonyl (C=O) groups is 2. The third-order valence-corrected chi connectivity index (χ3v) is 4.36. The molecule has 2 aliphatic heterocycles. The second-order valence-electron chi connectivity index (χ2n) is 6.26. The summed E-state index contributed by atoms with van der Waals surface area (Å²) in [6, 6.07) is 0.489. The van der Waals surface area contributed by atoms with Crippen molar-refractivity contribution in [3.63, 3.8) is 0 Å². The van der Waals surface area contributed by atoms with Gasteiger partial charge in [-0.2, -0.15) is 0 Å². The van der Waals surface area contributed by atoms with Crippen LogP contribution in [0.5, 0.6) is 0 Å². The molecule has 0 aromatic carbocycles. The van der Waals surface area contributed by atoms with E-state index in [1.165, 1.54) is 0 Å². The number of rotatable bonds is 5. The number of carbonyl (C=O) groups excluding carboxylic acids is 1. The summed E-state index contributed by atoms with van der Waals surface area (Å²) in [5, 5.41) is 11.9. The molecular formula is C14H25N3O3. The summed E-state index contributed by atoms with van der Waals surface area (Å²) in [6.45, 7) is 1.48. The van der Waals surface area contributed by atoms with E-state index in [0.717, 1.165) is 32.2 Å². The molecule has 2 aliphatic rings. The molecule has 2 atom stereocenters. The fourth-order valence-electron chi connectivity index (χ4n) is 3.51. The first kappa shape index (κ1) is 15.1. The van der Waals surface area contributed by atoms with Crippen molar-refractivity contribution in [1.29, 1.82) is 0 Å². The smallest absolute Gasteiger partial charge is 0.317 e. The summed E-state index contributed by atoms with van der Waals surface area (Å²) < 4.78 is 0. The van der Waals surface area contributed by atoms with Crippen LogP contribution in [-0.4, -0.2) is 66.2 Å². The Kier molecular flexibility index (Phi) is 4.86. The lowest BCUT2D eigenvalue weighted by Crippen LogP contribution is -2.51. The maximum absolute atomic E-state index is 12.2. The van der Waals surface area contributed by atoms with Gasteiger partial charge in [0.25, 0.3) is 0 Å². The van der Waals surface area contributed by atoms with Crippen molar-refractivity contribution in [3.05, 3.63) is 0 Å². The number of amides is 2. The fraction of sp³-hybridized carbons (Fsp3) is 0.857. The molecule has 2 fully saturated rings. The summed E-state index contributed by atoms with van der Waals surface area (Å²) in [6.07, 6.45) is 3.95. The van der Waals surface area contributed by atoms with Gasteiger partial charge in [-0.15, -0.1) is 0 Å². The van der Waals surface area contributed by atoms with Crippen molar-refractivity contribution in [2.75, 3.05) is 27.2 Å². The molecule has 2 heterocycles. The first-order valence-electron chi connectivity index (χ1n) is 7.40. The fourth-order valence-corrected chi connectivity index (χ4v) is 3.51. The molecule has 2 unspecified atom stereocenters. The third-order valence-electron chi connectivity index (χ3n) is 4.36. The molecule has 2 amide bonds. The van der Waals surface area contributed by atoms with Gasteiger partial charge in [-0.3, -0.25) is 4.79 Å². The number of piperidine rings is 1. The average Bonchev–Trinajstić information content (AvgIpc) is 2.60. The number of urea groups is 1. The zero-order chi connectivity index (χ0) is 14.7. The van der Waals surface area contributed by atoms with E-state index in [1.807, 2.05) is 23.9 Å². The molecule has 2 N–H and O–H groups in total. The second-order valence-corrected chi connectivity index (χ2v) is 6.26. The zero-order valence-corrected chi connectivity index (χ0v) is 12.3. The zero-order valence-electron chi connectivity index (χ0n) is 12.3. The lowest BCUT2D eigenvalue weighted by atomic mass is 9.88. The van der Waals surface area contributed by atoms with Gasteiger partial charge in [0.15, 0.2) is 0 Å². The molecule has 2 bridgehead atoms. The first-order valence-corrected chi connectivity index (χ1v) is 7.40. The number of aliphatic carboxylic acids is 1. The van der Waals surface area contributed by atoms with Crippen LogP contribution in [0.4, 0.5) is 4.79 Å². The van der Waals surface area contributed by atoms with Crippen molar-refractivity contribution < 1.29 is 14.7 Å². The van der Waals surface area contributed by atoms with Gasteiger partial charge in [0.2, 0.25) is 0 Å². The Morgan fingerprint density at radius 3 is 2.35 bits per heavy atom. The molecule has 2 rings (SSSR count). The summed E-state index contributed by atoms with van der Waals surface area (Å²) >= 11 is 0. The van der Waals surface area contributed by atoms with E-state index >= 15 is 0 Å². The Bertz CT molecular complexity index is 359. The SMILES string of the molecule is CN(C)CCNC(=O)N1C2CCC1CC(CC(=O)O)C2. The van der Waals surface area contributed by atoms with E-state index in [-0.39, 0.29) is 30.5 Å². The largest absolute Gasteiger partial charge is 0.481 e. The van der Waals surface area contributed by atoms with Crippen LogP contribution in [0.2, 0.25) is 0 Å². The van der Waals surface area contributed by atoms with E-state index in [4.69, 9.17) is 5.11 Å². The van der Waals surface area contributed by atoms with Crippen molar-refractivity contribution in [1.82, 2.24) is 15.1 Å². The van der Waals surface area contributed by atoms with E-state index in [9.17, 15) is 9.59 Å². The first-order chi connectivity index (χ1) is 9.47. The Morgan fingerprint density at radius 1 is 1.25 bits per heavy atom. The van der Waals surface area contributed by atoms with Gasteiger partial charge >= 0.3 is 12.0 Å². The van der Waals surface area contributed by atoms with E-state index in [2.05, 4.69) is 5.32 Å². The number of nitrogens with zero attached hydrogens (tertiary/aromatic N) is 2. The van der Waals surface area contributed by atoms with Gasteiger partial charge < -0.3 is 20.2 Å². The number of fused-ring (bicyclic) bond motifs is 2. The van der Waals surface area contributed by atoms with Crippen molar-refractivity contribution in [3.8, 4) is 0 Å². The molecule has 0 aromatic heterocycles. The lowest BCUT2D eigenvalue weighted by Gasteiger charge is -2.38. The predicted molar refractivity (Wildman–Crippen MR) is 75.6 cm³/mol. The maximum Gasteiger partial charge on any atom is 0.317 e. The minimum atomic E-state index is -0.724. The molecule has 6 heteroatoms. The Hall–Kier alpha value is -1.30. The Labute approximate surface area is 120 Å². The molecule has 2 saturated heterocycles. The van der Waals surface area contributed by atoms with Crippen molar-refractivity contribution in [2.45, 2.75) is 44.2 Å². The normalized spacial score (nSPS) is 28.8. The molecule has 114 valence electrons. The minimum absolute atomic E-state index is 0.0214. The highest BCUT2D eigenvalue weighted by Gasteiger charge is 2.43. The standard InChI is InChI=1S/C14H25N3O3/c1-16(2)6-5-15-14(20)17-11-3-4-12(17)8-10(7-11)9-13(18)19/h10-12H,3-9H2,1-2H3,(H,15,20)(H,18,19). The number of hydrogen-bond donors (Lipinski definition) is 2. The molecule has 0 saturated carbocycles. The minimum Gasteiger partial charge on any atom is -0.481 e. The monoisotopic (exact) mass is 283 g/mol. The molecule has 0 aromatic rings. The average molecular weight is 283 g/mol. The number of carboxylic acids is 1. The number of hydrogen-bond acceptors (Lipinski definition) is 3. The summed E-state index contributed by atoms with van der Waals surface area (Å²) in [5.74, 6) is -0.492. The van der Waals surface area contributed by atoms with Gasteiger partial charge in [-0.25, -0.2) is 4.79 Å². The number of carboxylic acid groups (broad SMARTS) is 1. The molecule has 0 spiro atoms. The predicted octanol–water partition coefficient (Wildman–Crippen LogP) is 0.975. The van der Waals surface area contributed by atoms with Crippen LogP contribution in [0.3, 0.4) is 0 Å². The maximum atomic E-state index is 12.2. The summed E-state index contributed by atoms with van der Waals surface area (Å²) in [5.41, 5.74) is 0. The molecule has 6 nitrogen and oxygen atoms in total. The van der Waals surface area contributed by atoms with E-state index in [1.54, 1.807) is 0 Å². The van der Waals surface area contributed by atoms with Gasteiger partial charge in [0, 0.05) is 31.6 Å². The highest BCUT2D eigenvalue weighted by Crippen LogP contribution is 2.39. The molecule has 0 aliphatic carbocycles. The summed E-state index contributed by atoms with van der Waals surface area (Å²) in [4.78, 5) is 27.1. The Balaban J connectivity index is 1.85. The van der Waals surface area contributed by atoms with Crippen LogP contribution < -0.4 is 5.32 Å². The van der Waals surface area contributed by atoms with Crippen molar-refractivity contribution in [2.24, 2.45) is 5.92 Å². The molecule has 0 radical (unpaired) electrons. The molecule has 20 heavy (non-hydrogen) atoms. The van der Waals surface area contributed by atoms with Gasteiger partial charge in [0.05, 0.1) is 0 Å². The van der Waals surface area contributed by atoms with Gasteiger partial charge in [-0.05, 0) is 45.7 Å². The molecular weight excluding hydrogens is 258 g/mol. The number of likely N-dealkylation sites (N-methyl/N-ethyl adjacent to an activating group) is 1. The van der Waals surface area contributed by atoms with Crippen LogP contribution >= 0.6 is 0 Å². The highest BCUT2D eigenvalue weighted by atomic mass is 16.4. The van der Waals surface area contributed by atoms with Gasteiger partial charge in [0.1, 0.15) is 0 Å². The van der Waals surface area contributed by atoms with E-state index < -0.39 is 5.97 Å². The lowest BCUT2D eigenvalue weighted by molar-refractivity contribution is -0.138. The van der Waals surface area contributed by atoms with Crippen molar-refractivity contribution >= 4 is 12.0 Å². The Morgan fingerprint density at radius 2 is 1.85 bits per heavy atom. The van der Waals surface area contributed by atoms with Crippen LogP contribution in [0.15, 0.2) is 0 Å². The van der Waals surface area contributed by atoms with E-state index in [0.29, 0.717) is 6.54 Å². The summed E-state index contributed by atoms with van der Waals surface area (Å²) in [7, 11) is 3.96. The third kappa shape index (κ3) is 3.62. The quantitative estimate of drug-likeness (QED) is 0.789. The van der Waals surface area contributed by atoms with Crippen LogP contribution in [-0.2, 0) is 4.79 Å². The second kappa shape index (κ2) is 6.43. The van der Waals surface area contributed by atoms with Gasteiger partial charge in [-0.1, -0.05) is 0 Å². The number of nitrogens with one attached hydrogen (secondary N) is 1.